The molecular formula is C18H20N4OS3. The summed E-state index contributed by atoms with van der Waals surface area (Å²) in [5.41, 5.74) is 3.41. The predicted octanol–water partition coefficient (Wildman–Crippen LogP) is 4.03. The van der Waals surface area contributed by atoms with Gasteiger partial charge < -0.3 is 5.32 Å². The molecule has 0 aliphatic heterocycles. The lowest BCUT2D eigenvalue weighted by atomic mass is 10.1. The Morgan fingerprint density at radius 3 is 3.08 bits per heavy atom. The zero-order valence-corrected chi connectivity index (χ0v) is 16.8. The fourth-order valence-corrected chi connectivity index (χ4v) is 4.27. The van der Waals surface area contributed by atoms with E-state index in [0.717, 1.165) is 22.6 Å². The van der Waals surface area contributed by atoms with Gasteiger partial charge in [-0.1, -0.05) is 23.8 Å². The number of amides is 1. The van der Waals surface area contributed by atoms with Crippen molar-refractivity contribution < 1.29 is 4.79 Å². The Morgan fingerprint density at radius 2 is 2.31 bits per heavy atom. The van der Waals surface area contributed by atoms with E-state index >= 15 is 0 Å². The molecule has 0 bridgehead atoms. The minimum absolute atomic E-state index is 0.0625. The van der Waals surface area contributed by atoms with Crippen LogP contribution in [-0.4, -0.2) is 33.0 Å². The minimum atomic E-state index is -0.0625. The number of aryl methyl sites for hydroxylation is 1. The van der Waals surface area contributed by atoms with E-state index in [-0.39, 0.29) is 12.5 Å². The fourth-order valence-electron chi connectivity index (χ4n) is 2.50. The monoisotopic (exact) mass is 404 g/mol. The lowest BCUT2D eigenvalue weighted by Crippen LogP contribution is -2.29. The maximum Gasteiger partial charge on any atom is 0.240 e. The molecule has 3 aromatic rings. The van der Waals surface area contributed by atoms with Crippen molar-refractivity contribution in [3.63, 3.8) is 0 Å². The van der Waals surface area contributed by atoms with Crippen molar-refractivity contribution in [3.05, 3.63) is 57.0 Å². The fraction of sp³-hybridized carbons (Fsp3) is 0.278. The summed E-state index contributed by atoms with van der Waals surface area (Å²) in [5.74, 6) is 2.47. The van der Waals surface area contributed by atoms with Gasteiger partial charge >= 0.3 is 0 Å². The molecule has 2 aromatic heterocycles. The summed E-state index contributed by atoms with van der Waals surface area (Å²) >= 11 is 8.80. The first kappa shape index (κ1) is 18.9. The maximum atomic E-state index is 12.3. The highest BCUT2D eigenvalue weighted by Crippen LogP contribution is 2.18. The number of benzene rings is 1. The number of thiophene rings is 1. The first-order chi connectivity index (χ1) is 12.6. The molecule has 0 unspecified atom stereocenters. The van der Waals surface area contributed by atoms with Gasteiger partial charge in [0.05, 0.1) is 0 Å². The summed E-state index contributed by atoms with van der Waals surface area (Å²) < 4.78 is 2.18. The molecule has 0 saturated carbocycles. The molecule has 1 amide bonds. The van der Waals surface area contributed by atoms with Crippen molar-refractivity contribution >= 4 is 41.2 Å². The van der Waals surface area contributed by atoms with Crippen molar-refractivity contribution in [1.82, 2.24) is 20.1 Å². The van der Waals surface area contributed by atoms with Gasteiger partial charge in [0.25, 0.3) is 0 Å². The van der Waals surface area contributed by atoms with Crippen LogP contribution in [0.3, 0.4) is 0 Å². The highest BCUT2D eigenvalue weighted by atomic mass is 32.2. The van der Waals surface area contributed by atoms with Crippen molar-refractivity contribution in [2.24, 2.45) is 0 Å². The smallest absolute Gasteiger partial charge is 0.240 e. The number of carbonyl (C=O) groups is 1. The number of nitrogens with zero attached hydrogens (tertiary/aromatic N) is 2. The summed E-state index contributed by atoms with van der Waals surface area (Å²) in [6, 6.07) is 10.1. The molecule has 136 valence electrons. The summed E-state index contributed by atoms with van der Waals surface area (Å²) in [6.45, 7) is 2.82. The topological polar surface area (TPSA) is 62.7 Å². The highest BCUT2D eigenvalue weighted by molar-refractivity contribution is 7.98. The number of aromatic amines is 1. The second-order valence-electron chi connectivity index (χ2n) is 5.84. The van der Waals surface area contributed by atoms with E-state index < -0.39 is 0 Å². The molecule has 26 heavy (non-hydrogen) atoms. The summed E-state index contributed by atoms with van der Waals surface area (Å²) in [5, 5.41) is 14.3. The molecular weight excluding hydrogens is 384 g/mol. The predicted molar refractivity (Wildman–Crippen MR) is 111 cm³/mol. The molecule has 3 rings (SSSR count). The quantitative estimate of drug-likeness (QED) is 0.440. The Kier molecular flexibility index (Phi) is 6.65. The van der Waals surface area contributed by atoms with E-state index in [1.54, 1.807) is 15.9 Å². The maximum absolute atomic E-state index is 12.3. The zero-order valence-electron chi connectivity index (χ0n) is 14.4. The van der Waals surface area contributed by atoms with Crippen LogP contribution in [0.4, 0.5) is 0 Å². The largest absolute Gasteiger partial charge is 0.354 e. The van der Waals surface area contributed by atoms with Crippen molar-refractivity contribution in [1.29, 1.82) is 0 Å². The van der Waals surface area contributed by atoms with Gasteiger partial charge in [-0.15, -0.1) is 0 Å². The molecule has 0 aliphatic rings. The van der Waals surface area contributed by atoms with Crippen LogP contribution in [0, 0.1) is 11.7 Å². The van der Waals surface area contributed by atoms with Gasteiger partial charge in [0.2, 0.25) is 5.91 Å². The number of thioether (sulfide) groups is 1. The van der Waals surface area contributed by atoms with Crippen molar-refractivity contribution in [3.8, 4) is 11.4 Å². The number of hydrogen-bond donors (Lipinski definition) is 2. The average Bonchev–Trinajstić information content (AvgIpc) is 3.25. The van der Waals surface area contributed by atoms with Crippen LogP contribution in [0.15, 0.2) is 41.1 Å². The molecule has 8 heteroatoms. The van der Waals surface area contributed by atoms with E-state index in [2.05, 4.69) is 32.3 Å². The molecule has 0 spiro atoms. The first-order valence-corrected chi connectivity index (χ1v) is 10.7. The van der Waals surface area contributed by atoms with Gasteiger partial charge in [-0.3, -0.25) is 14.5 Å². The molecule has 0 saturated heterocycles. The van der Waals surface area contributed by atoms with E-state index in [4.69, 9.17) is 12.2 Å². The van der Waals surface area contributed by atoms with Gasteiger partial charge in [0, 0.05) is 23.6 Å². The molecule has 0 radical (unpaired) electrons. The normalized spacial score (nSPS) is 10.8. The molecule has 5 nitrogen and oxygen atoms in total. The minimum Gasteiger partial charge on any atom is -0.354 e. The number of aromatic nitrogens is 3. The number of rotatable bonds is 8. The Balaban J connectivity index is 1.53. The lowest BCUT2D eigenvalue weighted by molar-refractivity contribution is -0.121. The standard InChI is InChI=1S/C18H20N4OS3/c1-13-3-2-4-15(9-13)17-20-21-18(24)22(17)10-16(23)19-6-8-26-12-14-5-7-25-11-14/h2-5,7,9,11H,6,8,10,12H2,1H3,(H,19,23)(H,21,24). The third-order valence-electron chi connectivity index (χ3n) is 3.75. The molecule has 0 atom stereocenters. The number of H-pyrrole nitrogens is 1. The van der Waals surface area contributed by atoms with Crippen LogP contribution in [-0.2, 0) is 17.1 Å². The second kappa shape index (κ2) is 9.16. The van der Waals surface area contributed by atoms with E-state index in [1.165, 1.54) is 5.56 Å². The van der Waals surface area contributed by atoms with Gasteiger partial charge in [-0.2, -0.15) is 28.2 Å². The van der Waals surface area contributed by atoms with Gasteiger partial charge in [-0.25, -0.2) is 0 Å². The van der Waals surface area contributed by atoms with E-state index in [1.807, 2.05) is 43.0 Å². The van der Waals surface area contributed by atoms with E-state index in [9.17, 15) is 4.79 Å². The number of nitrogens with one attached hydrogen (secondary N) is 2. The van der Waals surface area contributed by atoms with Crippen LogP contribution in [0.1, 0.15) is 11.1 Å². The first-order valence-electron chi connectivity index (χ1n) is 8.21. The summed E-state index contributed by atoms with van der Waals surface area (Å²) in [4.78, 5) is 12.3. The van der Waals surface area contributed by atoms with Crippen LogP contribution in [0.2, 0.25) is 0 Å². The van der Waals surface area contributed by atoms with E-state index in [0.29, 0.717) is 17.1 Å². The highest BCUT2D eigenvalue weighted by Gasteiger charge is 2.12. The van der Waals surface area contributed by atoms with Crippen molar-refractivity contribution in [2.45, 2.75) is 19.2 Å². The van der Waals surface area contributed by atoms with Gasteiger partial charge in [0.1, 0.15) is 6.54 Å². The van der Waals surface area contributed by atoms with Crippen LogP contribution in [0.5, 0.6) is 0 Å². The second-order valence-corrected chi connectivity index (χ2v) is 8.11. The molecule has 2 heterocycles. The number of hydrogen-bond acceptors (Lipinski definition) is 5. The van der Waals surface area contributed by atoms with Crippen molar-refractivity contribution in [2.75, 3.05) is 12.3 Å². The summed E-state index contributed by atoms with van der Waals surface area (Å²) in [7, 11) is 0. The average molecular weight is 405 g/mol. The Morgan fingerprint density at radius 1 is 1.42 bits per heavy atom. The zero-order chi connectivity index (χ0) is 18.4. The molecule has 1 aromatic carbocycles. The van der Waals surface area contributed by atoms with Crippen LogP contribution in [0.25, 0.3) is 11.4 Å². The number of carbonyl (C=O) groups excluding carboxylic acids is 1. The Bertz CT molecular complexity index is 915. The SMILES string of the molecule is Cc1cccc(-c2n[nH]c(=S)n2CC(=O)NCCSCc2ccsc2)c1. The Labute approximate surface area is 165 Å². The third kappa shape index (κ3) is 5.06. The molecule has 0 fully saturated rings. The summed E-state index contributed by atoms with van der Waals surface area (Å²) in [6.07, 6.45) is 0. The van der Waals surface area contributed by atoms with Gasteiger partial charge in [0.15, 0.2) is 10.6 Å². The molecule has 2 N–H and O–H groups in total. The third-order valence-corrected chi connectivity index (χ3v) is 5.83. The van der Waals surface area contributed by atoms with Gasteiger partial charge in [-0.05, 0) is 47.6 Å². The molecule has 0 aliphatic carbocycles. The lowest BCUT2D eigenvalue weighted by Gasteiger charge is -2.08. The van der Waals surface area contributed by atoms with Crippen LogP contribution >= 0.6 is 35.3 Å². The Hall–Kier alpha value is -1.90. The van der Waals surface area contributed by atoms with Crippen LogP contribution < -0.4 is 5.32 Å².